The van der Waals surface area contributed by atoms with Gasteiger partial charge in [-0.3, -0.25) is 9.59 Å². The Morgan fingerprint density at radius 3 is 2.63 bits per heavy atom. The minimum absolute atomic E-state index is 0.0105. The number of ketones is 1. The highest BCUT2D eigenvalue weighted by atomic mass is 32.1. The van der Waals surface area contributed by atoms with Crippen LogP contribution in [0.25, 0.3) is 0 Å². The number of benzene rings is 1. The predicted molar refractivity (Wildman–Crippen MR) is 108 cm³/mol. The largest absolute Gasteiger partial charge is 0.484 e. The van der Waals surface area contributed by atoms with E-state index in [0.717, 1.165) is 6.42 Å². The highest BCUT2D eigenvalue weighted by molar-refractivity contribution is 7.10. The predicted octanol–water partition coefficient (Wildman–Crippen LogP) is 4.57. The van der Waals surface area contributed by atoms with Gasteiger partial charge in [0.25, 0.3) is 5.91 Å². The van der Waals surface area contributed by atoms with E-state index < -0.39 is 0 Å². The van der Waals surface area contributed by atoms with Gasteiger partial charge in [-0.25, -0.2) is 0 Å². The molecule has 3 heterocycles. The molecule has 1 atom stereocenters. The first-order valence-corrected chi connectivity index (χ1v) is 10.5. The molecule has 2 aromatic heterocycles. The number of rotatable bonds is 5. The lowest BCUT2D eigenvalue weighted by Crippen LogP contribution is -2.42. The van der Waals surface area contributed by atoms with E-state index in [9.17, 15) is 9.59 Å². The SMILES string of the molecule is CC(=O)c1ccc(OCC(=O)N2CCc3sccc3[C@@H]2c2cccs2)cc1. The number of nitrogens with zero attached hydrogens (tertiary/aromatic N) is 1. The van der Waals surface area contributed by atoms with Gasteiger partial charge in [-0.15, -0.1) is 22.7 Å². The topological polar surface area (TPSA) is 46.6 Å². The van der Waals surface area contributed by atoms with Gasteiger partial charge in [0.2, 0.25) is 0 Å². The summed E-state index contributed by atoms with van der Waals surface area (Å²) >= 11 is 3.44. The van der Waals surface area contributed by atoms with Crippen LogP contribution in [0.5, 0.6) is 5.75 Å². The van der Waals surface area contributed by atoms with Gasteiger partial charge in [0.05, 0.1) is 6.04 Å². The zero-order valence-electron chi connectivity index (χ0n) is 14.9. The van der Waals surface area contributed by atoms with Crippen molar-refractivity contribution in [3.8, 4) is 5.75 Å². The van der Waals surface area contributed by atoms with Gasteiger partial charge in [0, 0.05) is 21.9 Å². The Morgan fingerprint density at radius 2 is 1.93 bits per heavy atom. The van der Waals surface area contributed by atoms with Crippen LogP contribution in [0.4, 0.5) is 0 Å². The Hall–Kier alpha value is -2.44. The molecule has 0 unspecified atom stereocenters. The average molecular weight is 398 g/mol. The molecule has 3 aromatic rings. The number of fused-ring (bicyclic) bond motifs is 1. The molecule has 0 saturated heterocycles. The van der Waals surface area contributed by atoms with Crippen molar-refractivity contribution in [1.82, 2.24) is 4.90 Å². The molecule has 0 fully saturated rings. The monoisotopic (exact) mass is 397 g/mol. The molecule has 0 N–H and O–H groups in total. The number of carbonyl (C=O) groups excluding carboxylic acids is 2. The van der Waals surface area contributed by atoms with Crippen LogP contribution in [0, 0.1) is 0 Å². The standard InChI is InChI=1S/C21H19NO3S2/c1-14(23)15-4-6-16(7-5-15)25-13-20(24)22-10-8-18-17(9-12-27-18)21(22)19-3-2-11-26-19/h2-7,9,11-12,21H,8,10,13H2,1H3/t21-/m1/s1. The Labute approximate surface area is 166 Å². The van der Waals surface area contributed by atoms with Crippen LogP contribution in [-0.2, 0) is 11.2 Å². The molecule has 6 heteroatoms. The smallest absolute Gasteiger partial charge is 0.261 e. The molecular formula is C21H19NO3S2. The van der Waals surface area contributed by atoms with Crippen molar-refractivity contribution in [2.24, 2.45) is 0 Å². The quantitative estimate of drug-likeness (QED) is 0.593. The summed E-state index contributed by atoms with van der Waals surface area (Å²) in [6.07, 6.45) is 0.883. The highest BCUT2D eigenvalue weighted by Gasteiger charge is 2.33. The Morgan fingerprint density at radius 1 is 1.11 bits per heavy atom. The van der Waals surface area contributed by atoms with Gasteiger partial charge >= 0.3 is 0 Å². The second kappa shape index (κ2) is 7.66. The molecule has 4 nitrogen and oxygen atoms in total. The normalized spacial score (nSPS) is 16.0. The molecule has 1 amide bonds. The number of thiophene rings is 2. The van der Waals surface area contributed by atoms with Crippen molar-refractivity contribution in [2.75, 3.05) is 13.2 Å². The number of Topliss-reactive ketones (excluding diaryl/α,β-unsaturated/α-hetero) is 1. The third-order valence-electron chi connectivity index (χ3n) is 4.72. The summed E-state index contributed by atoms with van der Waals surface area (Å²) in [4.78, 5) is 28.8. The van der Waals surface area contributed by atoms with Crippen molar-refractivity contribution in [3.63, 3.8) is 0 Å². The van der Waals surface area contributed by atoms with E-state index in [1.165, 1.54) is 22.2 Å². The number of hydrogen-bond acceptors (Lipinski definition) is 5. The van der Waals surface area contributed by atoms with Crippen molar-refractivity contribution in [1.29, 1.82) is 0 Å². The van der Waals surface area contributed by atoms with Gasteiger partial charge < -0.3 is 9.64 Å². The minimum atomic E-state index is -0.0313. The Kier molecular flexibility index (Phi) is 5.09. The lowest BCUT2D eigenvalue weighted by atomic mass is 9.98. The molecule has 0 spiro atoms. The van der Waals surface area contributed by atoms with E-state index >= 15 is 0 Å². The minimum Gasteiger partial charge on any atom is -0.484 e. The Balaban J connectivity index is 1.50. The van der Waals surface area contributed by atoms with Crippen molar-refractivity contribution >= 4 is 34.4 Å². The molecule has 0 bridgehead atoms. The maximum Gasteiger partial charge on any atom is 0.261 e. The molecule has 1 aliphatic heterocycles. The van der Waals surface area contributed by atoms with Crippen molar-refractivity contribution < 1.29 is 14.3 Å². The second-order valence-corrected chi connectivity index (χ2v) is 8.40. The van der Waals surface area contributed by atoms with Gasteiger partial charge in [-0.2, -0.15) is 0 Å². The van der Waals surface area contributed by atoms with E-state index in [-0.39, 0.29) is 24.3 Å². The molecule has 1 aliphatic rings. The van der Waals surface area contributed by atoms with E-state index in [1.54, 1.807) is 46.9 Å². The van der Waals surface area contributed by atoms with Crippen LogP contribution in [0.15, 0.2) is 53.2 Å². The summed E-state index contributed by atoms with van der Waals surface area (Å²) in [5, 5.41) is 4.15. The van der Waals surface area contributed by atoms with Crippen molar-refractivity contribution in [2.45, 2.75) is 19.4 Å². The van der Waals surface area contributed by atoms with Crippen LogP contribution >= 0.6 is 22.7 Å². The third-order valence-corrected chi connectivity index (χ3v) is 6.64. The zero-order chi connectivity index (χ0) is 18.8. The van der Waals surface area contributed by atoms with E-state index in [1.807, 2.05) is 16.3 Å². The maximum absolute atomic E-state index is 12.9. The van der Waals surface area contributed by atoms with Crippen LogP contribution < -0.4 is 4.74 Å². The zero-order valence-corrected chi connectivity index (χ0v) is 16.5. The molecule has 0 radical (unpaired) electrons. The summed E-state index contributed by atoms with van der Waals surface area (Å²) in [5.74, 6) is 0.575. The van der Waals surface area contributed by atoms with E-state index in [2.05, 4.69) is 17.5 Å². The first kappa shape index (κ1) is 17.9. The molecule has 1 aromatic carbocycles. The molecule has 4 rings (SSSR count). The van der Waals surface area contributed by atoms with Crippen LogP contribution in [0.2, 0.25) is 0 Å². The van der Waals surface area contributed by atoms with E-state index in [4.69, 9.17) is 4.74 Å². The summed E-state index contributed by atoms with van der Waals surface area (Å²) in [7, 11) is 0. The van der Waals surface area contributed by atoms with Crippen LogP contribution in [-0.4, -0.2) is 29.7 Å². The number of ether oxygens (including phenoxy) is 1. The first-order valence-electron chi connectivity index (χ1n) is 8.76. The van der Waals surface area contributed by atoms with Gasteiger partial charge in [0.1, 0.15) is 5.75 Å². The van der Waals surface area contributed by atoms with E-state index in [0.29, 0.717) is 17.9 Å². The number of hydrogen-bond donors (Lipinski definition) is 0. The molecule has 0 saturated carbocycles. The highest BCUT2D eigenvalue weighted by Crippen LogP contribution is 2.39. The molecular weight excluding hydrogens is 378 g/mol. The second-order valence-electron chi connectivity index (χ2n) is 6.42. The van der Waals surface area contributed by atoms with Crippen LogP contribution in [0.1, 0.15) is 38.6 Å². The fourth-order valence-corrected chi connectivity index (χ4v) is 5.11. The fourth-order valence-electron chi connectivity index (χ4n) is 3.35. The van der Waals surface area contributed by atoms with Crippen LogP contribution in [0.3, 0.4) is 0 Å². The lowest BCUT2D eigenvalue weighted by Gasteiger charge is -2.35. The fraction of sp³-hybridized carbons (Fsp3) is 0.238. The maximum atomic E-state index is 12.9. The summed E-state index contributed by atoms with van der Waals surface area (Å²) in [5.41, 5.74) is 1.86. The summed E-state index contributed by atoms with van der Waals surface area (Å²) in [6.45, 7) is 2.21. The van der Waals surface area contributed by atoms with Gasteiger partial charge in [-0.05, 0) is 66.1 Å². The Bertz CT molecular complexity index is 944. The van der Waals surface area contributed by atoms with Gasteiger partial charge in [-0.1, -0.05) is 6.07 Å². The third kappa shape index (κ3) is 3.68. The molecule has 138 valence electrons. The number of amides is 1. The molecule has 0 aliphatic carbocycles. The summed E-state index contributed by atoms with van der Waals surface area (Å²) in [6, 6.07) is 13.1. The molecule has 27 heavy (non-hydrogen) atoms. The number of carbonyl (C=O) groups is 2. The first-order chi connectivity index (χ1) is 13.1. The summed E-state index contributed by atoms with van der Waals surface area (Å²) < 4.78 is 5.69. The van der Waals surface area contributed by atoms with Crippen molar-refractivity contribution in [3.05, 3.63) is 74.1 Å². The van der Waals surface area contributed by atoms with Gasteiger partial charge in [0.15, 0.2) is 12.4 Å². The lowest BCUT2D eigenvalue weighted by molar-refractivity contribution is -0.135. The average Bonchev–Trinajstić information content (AvgIpc) is 3.37.